The lowest BCUT2D eigenvalue weighted by atomic mass is 9.88. The van der Waals surface area contributed by atoms with Crippen molar-refractivity contribution < 1.29 is 9.50 Å². The van der Waals surface area contributed by atoms with Crippen LogP contribution < -0.4 is 5.73 Å². The van der Waals surface area contributed by atoms with E-state index in [0.717, 1.165) is 41.1 Å². The number of nitrogens with two attached hydrogens (primary N) is 1. The number of aliphatic hydroxyl groups is 1. The summed E-state index contributed by atoms with van der Waals surface area (Å²) in [5, 5.41) is 12.5. The van der Waals surface area contributed by atoms with Crippen molar-refractivity contribution in [2.24, 2.45) is 5.73 Å². The average Bonchev–Trinajstić information content (AvgIpc) is 2.84. The van der Waals surface area contributed by atoms with Gasteiger partial charge in [-0.15, -0.1) is 0 Å². The van der Waals surface area contributed by atoms with E-state index < -0.39 is 6.10 Å². The van der Waals surface area contributed by atoms with Crippen LogP contribution in [0.1, 0.15) is 25.3 Å². The lowest BCUT2D eigenvalue weighted by molar-refractivity contribution is 0.0606. The number of fused-ring (bicyclic) bond motifs is 3. The van der Waals surface area contributed by atoms with Crippen molar-refractivity contribution in [3.05, 3.63) is 48.3 Å². The van der Waals surface area contributed by atoms with E-state index >= 15 is 0 Å². The van der Waals surface area contributed by atoms with E-state index in [1.165, 1.54) is 6.07 Å². The average molecular weight is 298 g/mol. The zero-order valence-electron chi connectivity index (χ0n) is 12.2. The second-order valence-corrected chi connectivity index (χ2v) is 6.20. The first-order chi connectivity index (χ1) is 10.7. The van der Waals surface area contributed by atoms with Gasteiger partial charge in [-0.3, -0.25) is 0 Å². The van der Waals surface area contributed by atoms with Gasteiger partial charge in [-0.25, -0.2) is 4.39 Å². The van der Waals surface area contributed by atoms with Crippen LogP contribution in [0.3, 0.4) is 0 Å². The Kier molecular flexibility index (Phi) is 3.17. The first-order valence-electron chi connectivity index (χ1n) is 7.78. The summed E-state index contributed by atoms with van der Waals surface area (Å²) in [6.45, 7) is 0. The Balaban J connectivity index is 2.02. The number of aliphatic hydroxyl groups excluding tert-OH is 1. The van der Waals surface area contributed by atoms with Gasteiger partial charge in [0.15, 0.2) is 0 Å². The Morgan fingerprint density at radius 2 is 1.82 bits per heavy atom. The summed E-state index contributed by atoms with van der Waals surface area (Å²) in [6.07, 6.45) is 2.17. The van der Waals surface area contributed by atoms with Crippen LogP contribution in [-0.4, -0.2) is 21.8 Å². The van der Waals surface area contributed by atoms with E-state index in [1.807, 2.05) is 24.3 Å². The number of rotatable bonds is 1. The van der Waals surface area contributed by atoms with Gasteiger partial charge in [-0.2, -0.15) is 0 Å². The maximum Gasteiger partial charge on any atom is 0.123 e. The number of aromatic nitrogens is 1. The molecule has 0 bridgehead atoms. The Hall–Kier alpha value is -1.91. The Bertz CT molecular complexity index is 842. The molecule has 1 fully saturated rings. The fourth-order valence-electron chi connectivity index (χ4n) is 3.80. The van der Waals surface area contributed by atoms with Gasteiger partial charge in [0.1, 0.15) is 5.82 Å². The van der Waals surface area contributed by atoms with E-state index in [-0.39, 0.29) is 17.9 Å². The van der Waals surface area contributed by atoms with E-state index in [2.05, 4.69) is 4.57 Å². The highest BCUT2D eigenvalue weighted by atomic mass is 19.1. The smallest absolute Gasteiger partial charge is 0.123 e. The van der Waals surface area contributed by atoms with Gasteiger partial charge in [0, 0.05) is 27.8 Å². The molecule has 3 nitrogen and oxygen atoms in total. The molecular weight excluding hydrogens is 279 g/mol. The molecule has 3 atom stereocenters. The van der Waals surface area contributed by atoms with Gasteiger partial charge >= 0.3 is 0 Å². The molecule has 3 N–H and O–H groups in total. The molecule has 1 aliphatic rings. The SMILES string of the molecule is NC1CCCC(n2c3ccccc3c3cc(F)ccc32)C1O. The van der Waals surface area contributed by atoms with E-state index in [1.54, 1.807) is 12.1 Å². The molecule has 0 saturated heterocycles. The number of nitrogens with zero attached hydrogens (tertiary/aromatic N) is 1. The van der Waals surface area contributed by atoms with Crippen molar-refractivity contribution in [1.82, 2.24) is 4.57 Å². The van der Waals surface area contributed by atoms with Gasteiger partial charge in [-0.05, 0) is 43.5 Å². The second-order valence-electron chi connectivity index (χ2n) is 6.20. The van der Waals surface area contributed by atoms with Crippen molar-refractivity contribution >= 4 is 21.8 Å². The predicted octanol–water partition coefficient (Wildman–Crippen LogP) is 3.35. The lowest BCUT2D eigenvalue weighted by Crippen LogP contribution is -2.44. The van der Waals surface area contributed by atoms with Crippen molar-refractivity contribution in [2.75, 3.05) is 0 Å². The molecule has 114 valence electrons. The minimum absolute atomic E-state index is 0.0587. The summed E-state index contributed by atoms with van der Waals surface area (Å²) < 4.78 is 15.8. The molecule has 3 aromatic rings. The lowest BCUT2D eigenvalue weighted by Gasteiger charge is -2.34. The molecule has 0 radical (unpaired) electrons. The van der Waals surface area contributed by atoms with Crippen LogP contribution in [0.4, 0.5) is 4.39 Å². The van der Waals surface area contributed by atoms with Crippen LogP contribution in [0.5, 0.6) is 0 Å². The molecule has 22 heavy (non-hydrogen) atoms. The summed E-state index contributed by atoms with van der Waals surface area (Å²) in [5.41, 5.74) is 8.05. The number of halogens is 1. The van der Waals surface area contributed by atoms with Crippen molar-refractivity contribution in [3.8, 4) is 0 Å². The van der Waals surface area contributed by atoms with E-state index in [9.17, 15) is 9.50 Å². The molecule has 4 rings (SSSR count). The number of para-hydroxylation sites is 1. The van der Waals surface area contributed by atoms with Crippen LogP contribution in [0.15, 0.2) is 42.5 Å². The van der Waals surface area contributed by atoms with Gasteiger partial charge in [-0.1, -0.05) is 18.2 Å². The monoisotopic (exact) mass is 298 g/mol. The second kappa shape index (κ2) is 5.07. The molecule has 1 aromatic heterocycles. The standard InChI is InChI=1S/C18H19FN2O/c19-11-8-9-16-13(10-11)12-4-1-2-6-15(12)21(16)17-7-3-5-14(20)18(17)22/h1-2,4,6,8-10,14,17-18,22H,3,5,7,20H2. The normalized spacial score (nSPS) is 25.9. The molecule has 4 heteroatoms. The highest BCUT2D eigenvalue weighted by Crippen LogP contribution is 2.37. The summed E-state index contributed by atoms with van der Waals surface area (Å²) in [4.78, 5) is 0. The van der Waals surface area contributed by atoms with Crippen LogP contribution >= 0.6 is 0 Å². The van der Waals surface area contributed by atoms with Gasteiger partial charge in [0.25, 0.3) is 0 Å². The summed E-state index contributed by atoms with van der Waals surface area (Å²) in [5.74, 6) is -0.240. The molecule has 2 aromatic carbocycles. The molecular formula is C18H19FN2O. The maximum atomic E-state index is 13.7. The quantitative estimate of drug-likeness (QED) is 0.724. The van der Waals surface area contributed by atoms with Crippen molar-refractivity contribution in [3.63, 3.8) is 0 Å². The van der Waals surface area contributed by atoms with Crippen LogP contribution in [0.2, 0.25) is 0 Å². The highest BCUT2D eigenvalue weighted by Gasteiger charge is 2.32. The third kappa shape index (κ3) is 1.95. The first kappa shape index (κ1) is 13.7. The third-order valence-electron chi connectivity index (χ3n) is 4.87. The van der Waals surface area contributed by atoms with E-state index in [0.29, 0.717) is 0 Å². The maximum absolute atomic E-state index is 13.7. The molecule has 0 aliphatic heterocycles. The fraction of sp³-hybridized carbons (Fsp3) is 0.333. The minimum atomic E-state index is -0.571. The summed E-state index contributed by atoms with van der Waals surface area (Å²) in [6, 6.07) is 12.6. The Morgan fingerprint density at radius 1 is 1.05 bits per heavy atom. The molecule has 3 unspecified atom stereocenters. The molecule has 1 saturated carbocycles. The van der Waals surface area contributed by atoms with Gasteiger partial charge < -0.3 is 15.4 Å². The molecule has 1 heterocycles. The van der Waals surface area contributed by atoms with Crippen molar-refractivity contribution in [2.45, 2.75) is 37.5 Å². The first-order valence-corrected chi connectivity index (χ1v) is 7.78. The number of hydrogen-bond donors (Lipinski definition) is 2. The minimum Gasteiger partial charge on any atom is -0.389 e. The molecule has 0 spiro atoms. The topological polar surface area (TPSA) is 51.2 Å². The van der Waals surface area contributed by atoms with Crippen LogP contribution in [-0.2, 0) is 0 Å². The molecule has 1 aliphatic carbocycles. The van der Waals surface area contributed by atoms with Crippen LogP contribution in [0.25, 0.3) is 21.8 Å². The summed E-state index contributed by atoms with van der Waals surface area (Å²) in [7, 11) is 0. The Morgan fingerprint density at radius 3 is 2.68 bits per heavy atom. The van der Waals surface area contributed by atoms with Crippen molar-refractivity contribution in [1.29, 1.82) is 0 Å². The van der Waals surface area contributed by atoms with Crippen LogP contribution in [0, 0.1) is 5.82 Å². The van der Waals surface area contributed by atoms with Gasteiger partial charge in [0.05, 0.1) is 12.1 Å². The third-order valence-corrected chi connectivity index (χ3v) is 4.87. The number of hydrogen-bond acceptors (Lipinski definition) is 2. The Labute approximate surface area is 128 Å². The fourth-order valence-corrected chi connectivity index (χ4v) is 3.80. The molecule has 0 amide bonds. The summed E-state index contributed by atoms with van der Waals surface area (Å²) >= 11 is 0. The van der Waals surface area contributed by atoms with Gasteiger partial charge in [0.2, 0.25) is 0 Å². The highest BCUT2D eigenvalue weighted by molar-refractivity contribution is 6.08. The predicted molar refractivity (Wildman–Crippen MR) is 86.3 cm³/mol. The zero-order valence-corrected chi connectivity index (χ0v) is 12.2. The van der Waals surface area contributed by atoms with E-state index in [4.69, 9.17) is 5.73 Å². The zero-order chi connectivity index (χ0) is 15.3. The number of benzene rings is 2. The largest absolute Gasteiger partial charge is 0.389 e.